The van der Waals surface area contributed by atoms with E-state index in [1.807, 2.05) is 11.4 Å². The van der Waals surface area contributed by atoms with Crippen molar-refractivity contribution in [3.8, 4) is 11.4 Å². The number of aromatic amines is 1. The average Bonchev–Trinajstić information content (AvgIpc) is 3.30. The van der Waals surface area contributed by atoms with Gasteiger partial charge in [0.1, 0.15) is 17.7 Å². The van der Waals surface area contributed by atoms with Gasteiger partial charge in [-0.15, -0.1) is 0 Å². The first-order valence-corrected chi connectivity index (χ1v) is 9.27. The molecule has 4 rings (SSSR count). The first kappa shape index (κ1) is 20.0. The van der Waals surface area contributed by atoms with E-state index in [1.165, 1.54) is 11.8 Å². The molecule has 2 N–H and O–H groups in total. The van der Waals surface area contributed by atoms with Gasteiger partial charge in [-0.25, -0.2) is 19.3 Å². The van der Waals surface area contributed by atoms with E-state index >= 15 is 0 Å². The van der Waals surface area contributed by atoms with Crippen LogP contribution >= 0.6 is 0 Å². The highest BCUT2D eigenvalue weighted by molar-refractivity contribution is 5.92. The maximum atomic E-state index is 14.7. The zero-order valence-electron chi connectivity index (χ0n) is 15.9. The molecule has 11 heteroatoms. The van der Waals surface area contributed by atoms with Crippen LogP contribution in [0.15, 0.2) is 30.7 Å². The van der Waals surface area contributed by atoms with Crippen molar-refractivity contribution < 1.29 is 23.8 Å². The summed E-state index contributed by atoms with van der Waals surface area (Å²) in [6.45, 7) is 0.316. The van der Waals surface area contributed by atoms with E-state index in [0.29, 0.717) is 17.6 Å². The van der Waals surface area contributed by atoms with Gasteiger partial charge in [0.15, 0.2) is 17.5 Å². The molecular weight excluding hydrogens is 404 g/mol. The topological polar surface area (TPSA) is 86.8 Å². The van der Waals surface area contributed by atoms with Crippen molar-refractivity contribution in [2.45, 2.75) is 31.5 Å². The van der Waals surface area contributed by atoms with Crippen LogP contribution in [0.1, 0.15) is 21.2 Å². The fourth-order valence-electron chi connectivity index (χ4n) is 3.73. The summed E-state index contributed by atoms with van der Waals surface area (Å²) in [7, 11) is 0. The number of hydrogen-bond donors (Lipinski definition) is 2. The normalized spacial score (nSPS) is 19.4. The van der Waals surface area contributed by atoms with Crippen molar-refractivity contribution in [2.24, 2.45) is 0 Å². The third kappa shape index (κ3) is 3.55. The lowest BCUT2D eigenvalue weighted by Crippen LogP contribution is -2.55. The van der Waals surface area contributed by atoms with Gasteiger partial charge in [0.25, 0.3) is 0 Å². The number of amides is 1. The Labute approximate surface area is 170 Å². The lowest BCUT2D eigenvalue weighted by molar-refractivity contribution is -0.141. The van der Waals surface area contributed by atoms with Crippen molar-refractivity contribution in [3.63, 3.8) is 0 Å². The van der Waals surface area contributed by atoms with E-state index < -0.39 is 30.0 Å². The molecule has 0 bridgehead atoms. The summed E-state index contributed by atoms with van der Waals surface area (Å²) in [4.78, 5) is 29.5. The molecule has 1 aliphatic heterocycles. The summed E-state index contributed by atoms with van der Waals surface area (Å²) in [6.07, 6.45) is 0.506. The second-order valence-corrected chi connectivity index (χ2v) is 7.29. The number of anilines is 1. The second-order valence-electron chi connectivity index (χ2n) is 7.29. The zero-order chi connectivity index (χ0) is 21.5. The maximum absolute atomic E-state index is 14.7. The Morgan fingerprint density at radius 1 is 1.40 bits per heavy atom. The quantitative estimate of drug-likeness (QED) is 0.627. The maximum Gasteiger partial charge on any atom is 0.405 e. The van der Waals surface area contributed by atoms with Crippen LogP contribution in [-0.4, -0.2) is 50.6 Å². The number of alkyl halides is 3. The molecule has 1 fully saturated rings. The number of carbonyl (C=O) groups is 1. The molecule has 0 aliphatic carbocycles. The van der Waals surface area contributed by atoms with Crippen LogP contribution in [0.2, 0.25) is 0 Å². The number of halogens is 4. The largest absolute Gasteiger partial charge is 0.405 e. The minimum atomic E-state index is -4.54. The first-order chi connectivity index (χ1) is 14.2. The third-order valence-corrected chi connectivity index (χ3v) is 5.25. The number of aromatic nitrogens is 4. The van der Waals surface area contributed by atoms with Crippen LogP contribution in [0.4, 0.5) is 23.4 Å². The van der Waals surface area contributed by atoms with Crippen LogP contribution in [0.3, 0.4) is 0 Å². The molecular formula is C19H20F4N6O. The highest BCUT2D eigenvalue weighted by Gasteiger charge is 2.46. The van der Waals surface area contributed by atoms with E-state index in [1.54, 1.807) is 18.5 Å². The van der Waals surface area contributed by atoms with Gasteiger partial charge < -0.3 is 15.2 Å². The number of nitrogens with one attached hydrogen (secondary N) is 2. The summed E-state index contributed by atoms with van der Waals surface area (Å²) in [5.74, 6) is -1.49. The summed E-state index contributed by atoms with van der Waals surface area (Å²) < 4.78 is 52.3. The monoisotopic (exact) mass is 424 g/mol. The Bertz CT molecular complexity index is 1100. The highest BCUT2D eigenvalue weighted by Crippen LogP contribution is 2.36. The first-order valence-electron chi connectivity index (χ1n) is 9.27. The van der Waals surface area contributed by atoms with Gasteiger partial charge >= 0.3 is 6.18 Å². The van der Waals surface area contributed by atoms with Crippen LogP contribution in [-0.2, 0) is 4.79 Å². The predicted octanol–water partition coefficient (Wildman–Crippen LogP) is 3.44. The van der Waals surface area contributed by atoms with Crippen molar-refractivity contribution in [1.82, 2.24) is 25.3 Å². The van der Waals surface area contributed by atoms with Crippen molar-refractivity contribution in [1.29, 1.82) is 0 Å². The van der Waals surface area contributed by atoms with E-state index in [0.717, 1.165) is 11.6 Å². The molecule has 0 saturated carbocycles. The lowest BCUT2D eigenvalue weighted by atomic mass is 9.97. The number of carbonyl (C=O) groups excluding carboxylic acids is 1. The van der Waals surface area contributed by atoms with E-state index in [-0.39, 0.29) is 26.0 Å². The number of rotatable bonds is 4. The summed E-state index contributed by atoms with van der Waals surface area (Å²) >= 11 is 0. The molecule has 3 aromatic heterocycles. The molecule has 0 radical (unpaired) electrons. The number of pyridine rings is 1. The van der Waals surface area contributed by atoms with Gasteiger partial charge in [-0.3, -0.25) is 4.79 Å². The zero-order valence-corrected chi connectivity index (χ0v) is 15.9. The van der Waals surface area contributed by atoms with Crippen LogP contribution < -0.4 is 10.2 Å². The summed E-state index contributed by atoms with van der Waals surface area (Å²) in [5.41, 5.74) is -0.152. The Morgan fingerprint density at radius 2 is 2.20 bits per heavy atom. The Morgan fingerprint density at radius 3 is 2.97 bits per heavy atom. The van der Waals surface area contributed by atoms with Gasteiger partial charge in [0.2, 0.25) is 5.91 Å². The molecule has 7 nitrogen and oxygen atoms in total. The summed E-state index contributed by atoms with van der Waals surface area (Å²) in [6, 6.07) is 3.55. The number of H-pyrrole nitrogens is 1. The fraction of sp³-hybridized carbons (Fsp3) is 0.368. The van der Waals surface area contributed by atoms with Crippen LogP contribution in [0, 0.1) is 5.82 Å². The van der Waals surface area contributed by atoms with Crippen molar-refractivity contribution in [2.75, 3.05) is 18.0 Å². The third-order valence-electron chi connectivity index (χ3n) is 5.25. The van der Waals surface area contributed by atoms with Crippen LogP contribution in [0.25, 0.3) is 22.4 Å². The molecule has 0 spiro atoms. The van der Waals surface area contributed by atoms with Crippen LogP contribution in [0.5, 0.6) is 0 Å². The fourth-order valence-corrected chi connectivity index (χ4v) is 3.73. The molecule has 1 amide bonds. The van der Waals surface area contributed by atoms with Gasteiger partial charge in [-0.1, -0.05) is 0 Å². The van der Waals surface area contributed by atoms with Crippen molar-refractivity contribution >= 4 is 22.8 Å². The SMILES string of the molecule is C[C@]1(C(=O)NCC(F)(F)F)CCCN1c1nc(-c2c[nH]c3ncccc23)ncc1F.[HH]. The molecule has 30 heavy (non-hydrogen) atoms. The smallest absolute Gasteiger partial charge is 0.345 e. The Balaban J connectivity index is 0.00000272. The van der Waals surface area contributed by atoms with E-state index in [4.69, 9.17) is 0 Å². The van der Waals surface area contributed by atoms with E-state index in [2.05, 4.69) is 19.9 Å². The molecule has 0 unspecified atom stereocenters. The number of hydrogen-bond acceptors (Lipinski definition) is 5. The molecule has 1 saturated heterocycles. The van der Waals surface area contributed by atoms with Gasteiger partial charge in [0.05, 0.1) is 6.20 Å². The molecule has 3 aromatic rings. The Kier molecular flexibility index (Phi) is 4.83. The van der Waals surface area contributed by atoms with E-state index in [9.17, 15) is 22.4 Å². The highest BCUT2D eigenvalue weighted by atomic mass is 19.4. The molecule has 160 valence electrons. The molecule has 1 atom stereocenters. The molecule has 1 aliphatic rings. The summed E-state index contributed by atoms with van der Waals surface area (Å²) in [5, 5.41) is 2.64. The predicted molar refractivity (Wildman–Crippen MR) is 103 cm³/mol. The second kappa shape index (κ2) is 7.22. The number of fused-ring (bicyclic) bond motifs is 1. The van der Waals surface area contributed by atoms with Gasteiger partial charge in [0, 0.05) is 31.3 Å². The lowest BCUT2D eigenvalue weighted by Gasteiger charge is -2.35. The van der Waals surface area contributed by atoms with Gasteiger partial charge in [-0.2, -0.15) is 13.2 Å². The standard InChI is InChI=1S/C19H18F4N6O.H2/c1-18(17(30)27-10-19(21,22)23)5-3-7-29(18)16-13(20)9-26-15(28-16)12-8-25-14-11(12)4-2-6-24-14;/h2,4,6,8-9H,3,5,7,10H2,1H3,(H,24,25)(H,27,30);1H/t18-;/m1./s1. The molecule has 0 aromatic carbocycles. The minimum Gasteiger partial charge on any atom is -0.345 e. The molecule has 4 heterocycles. The van der Waals surface area contributed by atoms with Crippen molar-refractivity contribution in [3.05, 3.63) is 36.5 Å². The number of nitrogens with zero attached hydrogens (tertiary/aromatic N) is 4. The Hall–Kier alpha value is -3.24. The van der Waals surface area contributed by atoms with Gasteiger partial charge in [-0.05, 0) is 31.9 Å². The minimum absolute atomic E-state index is 0. The average molecular weight is 424 g/mol.